The molecule has 2 aromatic rings. The second-order valence-corrected chi connectivity index (χ2v) is 5.53. The van der Waals surface area contributed by atoms with Gasteiger partial charge in [0, 0.05) is 5.92 Å². The molecule has 0 radical (unpaired) electrons. The molecule has 2 N–H and O–H groups in total. The maximum Gasteiger partial charge on any atom is 0.327 e. The molecule has 1 unspecified atom stereocenters. The minimum atomic E-state index is -0.273. The number of carbonyl (C=O) groups is 1. The fourth-order valence-corrected chi connectivity index (χ4v) is 2.74. The average molecular weight is 285 g/mol. The van der Waals surface area contributed by atoms with Gasteiger partial charge in [0.2, 0.25) is 0 Å². The zero-order valence-electron chi connectivity index (χ0n) is 12.3. The Bertz CT molecular complexity index is 691. The molecule has 110 valence electrons. The Morgan fingerprint density at radius 1 is 1.43 bits per heavy atom. The van der Waals surface area contributed by atoms with Crippen LogP contribution in [-0.4, -0.2) is 22.4 Å². The van der Waals surface area contributed by atoms with E-state index in [9.17, 15) is 4.79 Å². The van der Waals surface area contributed by atoms with Crippen molar-refractivity contribution >= 4 is 11.7 Å². The monoisotopic (exact) mass is 285 g/mol. The number of anilines is 1. The fraction of sp³-hybridized carbons (Fsp3) is 0.375. The molecule has 21 heavy (non-hydrogen) atoms. The highest BCUT2D eigenvalue weighted by atomic mass is 16.5. The molecule has 0 fully saturated rings. The summed E-state index contributed by atoms with van der Waals surface area (Å²) in [5.41, 5.74) is 10.7. The van der Waals surface area contributed by atoms with E-state index in [1.54, 1.807) is 4.68 Å². The molecule has 3 rings (SSSR count). The van der Waals surface area contributed by atoms with Crippen molar-refractivity contribution in [2.45, 2.75) is 32.7 Å². The van der Waals surface area contributed by atoms with Gasteiger partial charge in [0.25, 0.3) is 0 Å². The van der Waals surface area contributed by atoms with Crippen LogP contribution in [0.2, 0.25) is 0 Å². The van der Waals surface area contributed by atoms with E-state index in [1.807, 2.05) is 26.0 Å². The minimum Gasteiger partial charge on any atom is -0.464 e. The normalized spacial score (nSPS) is 16.2. The third kappa shape index (κ3) is 2.51. The molecule has 1 aromatic carbocycles. The Morgan fingerprint density at radius 3 is 2.86 bits per heavy atom. The largest absolute Gasteiger partial charge is 0.464 e. The molecule has 0 saturated heterocycles. The second kappa shape index (κ2) is 5.24. The summed E-state index contributed by atoms with van der Waals surface area (Å²) in [4.78, 5) is 11.9. The number of nitrogens with two attached hydrogens (primary N) is 1. The summed E-state index contributed by atoms with van der Waals surface area (Å²) >= 11 is 0. The number of ether oxygens (including phenoxy) is 1. The number of benzene rings is 1. The van der Waals surface area contributed by atoms with E-state index in [0.717, 1.165) is 17.8 Å². The smallest absolute Gasteiger partial charge is 0.327 e. The summed E-state index contributed by atoms with van der Waals surface area (Å²) in [6.45, 7) is 4.23. The van der Waals surface area contributed by atoms with Gasteiger partial charge < -0.3 is 10.5 Å². The SMILES string of the molecule is Cc1nn(CC(=O)OCC2Cc3ccccc32)c(C)c1N. The molecule has 1 aliphatic rings. The zero-order chi connectivity index (χ0) is 15.0. The van der Waals surface area contributed by atoms with Crippen LogP contribution in [0.5, 0.6) is 0 Å². The highest BCUT2D eigenvalue weighted by Crippen LogP contribution is 2.34. The lowest BCUT2D eigenvalue weighted by molar-refractivity contribution is -0.145. The number of carbonyl (C=O) groups excluding carboxylic acids is 1. The number of fused-ring (bicyclic) bond motifs is 1. The van der Waals surface area contributed by atoms with Gasteiger partial charge in [0.15, 0.2) is 0 Å². The zero-order valence-corrected chi connectivity index (χ0v) is 12.3. The van der Waals surface area contributed by atoms with Crippen molar-refractivity contribution in [1.29, 1.82) is 0 Å². The Labute approximate surface area is 123 Å². The maximum absolute atomic E-state index is 11.9. The first kappa shape index (κ1) is 13.7. The molecule has 1 heterocycles. The van der Waals surface area contributed by atoms with Crippen molar-refractivity contribution in [3.05, 3.63) is 46.8 Å². The molecule has 1 atom stereocenters. The highest BCUT2D eigenvalue weighted by Gasteiger charge is 2.26. The Morgan fingerprint density at radius 2 is 2.19 bits per heavy atom. The molecule has 0 saturated carbocycles. The summed E-state index contributed by atoms with van der Waals surface area (Å²) in [6, 6.07) is 8.27. The van der Waals surface area contributed by atoms with E-state index in [1.165, 1.54) is 11.1 Å². The van der Waals surface area contributed by atoms with Crippen molar-refractivity contribution in [3.63, 3.8) is 0 Å². The first-order valence-corrected chi connectivity index (χ1v) is 7.09. The number of esters is 1. The van der Waals surface area contributed by atoms with Gasteiger partial charge in [-0.05, 0) is 31.4 Å². The van der Waals surface area contributed by atoms with Gasteiger partial charge in [0.1, 0.15) is 6.54 Å². The van der Waals surface area contributed by atoms with Crippen LogP contribution in [-0.2, 0) is 22.5 Å². The number of hydrogen-bond acceptors (Lipinski definition) is 4. The summed E-state index contributed by atoms with van der Waals surface area (Å²) in [5.74, 6) is 0.0562. The van der Waals surface area contributed by atoms with E-state index in [4.69, 9.17) is 10.5 Å². The van der Waals surface area contributed by atoms with Gasteiger partial charge in [0.05, 0.1) is 23.7 Å². The van der Waals surface area contributed by atoms with Crippen molar-refractivity contribution in [2.75, 3.05) is 12.3 Å². The predicted octanol–water partition coefficient (Wildman–Crippen LogP) is 1.97. The molecule has 5 nitrogen and oxygen atoms in total. The van der Waals surface area contributed by atoms with Gasteiger partial charge >= 0.3 is 5.97 Å². The van der Waals surface area contributed by atoms with E-state index in [-0.39, 0.29) is 12.5 Å². The first-order valence-electron chi connectivity index (χ1n) is 7.09. The summed E-state index contributed by atoms with van der Waals surface area (Å²) in [6.07, 6.45) is 0.982. The molecule has 1 aromatic heterocycles. The highest BCUT2D eigenvalue weighted by molar-refractivity contribution is 5.69. The summed E-state index contributed by atoms with van der Waals surface area (Å²) in [7, 11) is 0. The number of nitrogens with zero attached hydrogens (tertiary/aromatic N) is 2. The van der Waals surface area contributed by atoms with Crippen molar-refractivity contribution in [1.82, 2.24) is 9.78 Å². The lowest BCUT2D eigenvalue weighted by Gasteiger charge is -2.29. The lowest BCUT2D eigenvalue weighted by Crippen LogP contribution is -2.25. The quantitative estimate of drug-likeness (QED) is 0.872. The maximum atomic E-state index is 11.9. The average Bonchev–Trinajstić information content (AvgIpc) is 2.67. The number of rotatable bonds is 4. The van der Waals surface area contributed by atoms with Crippen LogP contribution in [0.25, 0.3) is 0 Å². The Hall–Kier alpha value is -2.30. The van der Waals surface area contributed by atoms with Crippen LogP contribution >= 0.6 is 0 Å². The third-order valence-electron chi connectivity index (χ3n) is 4.12. The number of nitrogen functional groups attached to an aromatic ring is 1. The fourth-order valence-electron chi connectivity index (χ4n) is 2.74. The topological polar surface area (TPSA) is 70.1 Å². The van der Waals surface area contributed by atoms with Crippen LogP contribution in [0.3, 0.4) is 0 Å². The second-order valence-electron chi connectivity index (χ2n) is 5.53. The van der Waals surface area contributed by atoms with E-state index < -0.39 is 0 Å². The van der Waals surface area contributed by atoms with Crippen molar-refractivity contribution in [3.8, 4) is 0 Å². The van der Waals surface area contributed by atoms with Crippen molar-refractivity contribution < 1.29 is 9.53 Å². The molecular weight excluding hydrogens is 266 g/mol. The lowest BCUT2D eigenvalue weighted by atomic mass is 9.78. The summed E-state index contributed by atoms with van der Waals surface area (Å²) in [5, 5.41) is 4.24. The summed E-state index contributed by atoms with van der Waals surface area (Å²) < 4.78 is 6.97. The van der Waals surface area contributed by atoms with Crippen molar-refractivity contribution in [2.24, 2.45) is 0 Å². The standard InChI is InChI=1S/C16H19N3O2/c1-10-16(17)11(2)19(18-10)8-15(20)21-9-13-7-12-5-3-4-6-14(12)13/h3-6,13H,7-9,17H2,1-2H3. The molecular formula is C16H19N3O2. The van der Waals surface area contributed by atoms with Gasteiger partial charge in [-0.2, -0.15) is 5.10 Å². The molecule has 0 bridgehead atoms. The van der Waals surface area contributed by atoms with Crippen LogP contribution in [0, 0.1) is 13.8 Å². The molecule has 0 spiro atoms. The van der Waals surface area contributed by atoms with E-state index in [2.05, 4.69) is 17.2 Å². The van der Waals surface area contributed by atoms with Gasteiger partial charge in [-0.25, -0.2) is 0 Å². The van der Waals surface area contributed by atoms with Crippen LogP contribution in [0.4, 0.5) is 5.69 Å². The van der Waals surface area contributed by atoms with E-state index in [0.29, 0.717) is 18.2 Å². The van der Waals surface area contributed by atoms with E-state index >= 15 is 0 Å². The van der Waals surface area contributed by atoms with Gasteiger partial charge in [-0.15, -0.1) is 0 Å². The third-order valence-corrected chi connectivity index (χ3v) is 4.12. The predicted molar refractivity (Wildman–Crippen MR) is 80.0 cm³/mol. The first-order chi connectivity index (χ1) is 10.1. The van der Waals surface area contributed by atoms with Crippen LogP contribution in [0.15, 0.2) is 24.3 Å². The minimum absolute atomic E-state index is 0.109. The van der Waals surface area contributed by atoms with Crippen LogP contribution in [0.1, 0.15) is 28.4 Å². The van der Waals surface area contributed by atoms with Gasteiger partial charge in [-0.3, -0.25) is 9.48 Å². The number of aromatic nitrogens is 2. The Kier molecular flexibility index (Phi) is 3.41. The molecule has 1 aliphatic carbocycles. The number of hydrogen-bond donors (Lipinski definition) is 1. The molecule has 0 amide bonds. The van der Waals surface area contributed by atoms with Gasteiger partial charge in [-0.1, -0.05) is 24.3 Å². The molecule has 0 aliphatic heterocycles. The number of aryl methyl sites for hydroxylation is 1. The van der Waals surface area contributed by atoms with Crippen LogP contribution < -0.4 is 5.73 Å². The Balaban J connectivity index is 1.55. The molecule has 5 heteroatoms.